The standard InChI is InChI=1S/C11H20O/c1-9(2)6-5-7-10(3)8-11(4)12/h5,7,9-10H,6,8H2,1-4H3/b7-5+. The van der Waals surface area contributed by atoms with Crippen LogP contribution in [0, 0.1) is 11.8 Å². The second-order valence-corrected chi connectivity index (χ2v) is 3.94. The monoisotopic (exact) mass is 168 g/mol. The fourth-order valence-electron chi connectivity index (χ4n) is 1.10. The first-order chi connectivity index (χ1) is 5.52. The van der Waals surface area contributed by atoms with Gasteiger partial charge in [0.25, 0.3) is 0 Å². The van der Waals surface area contributed by atoms with Crippen molar-refractivity contribution in [3.63, 3.8) is 0 Å². The van der Waals surface area contributed by atoms with Crippen molar-refractivity contribution in [2.24, 2.45) is 11.8 Å². The number of rotatable bonds is 5. The molecule has 0 spiro atoms. The zero-order chi connectivity index (χ0) is 9.56. The Morgan fingerprint density at radius 2 is 1.92 bits per heavy atom. The van der Waals surface area contributed by atoms with E-state index < -0.39 is 0 Å². The van der Waals surface area contributed by atoms with Gasteiger partial charge in [0.2, 0.25) is 0 Å². The summed E-state index contributed by atoms with van der Waals surface area (Å²) >= 11 is 0. The maximum atomic E-state index is 10.7. The molecule has 0 aromatic carbocycles. The topological polar surface area (TPSA) is 17.1 Å². The smallest absolute Gasteiger partial charge is 0.130 e. The lowest BCUT2D eigenvalue weighted by Gasteiger charge is -2.02. The van der Waals surface area contributed by atoms with Crippen LogP contribution in [0.1, 0.15) is 40.5 Å². The van der Waals surface area contributed by atoms with Crippen LogP contribution >= 0.6 is 0 Å². The van der Waals surface area contributed by atoms with Crippen LogP contribution in [-0.4, -0.2) is 5.78 Å². The first kappa shape index (κ1) is 11.4. The van der Waals surface area contributed by atoms with Crippen molar-refractivity contribution in [1.29, 1.82) is 0 Å². The lowest BCUT2D eigenvalue weighted by Crippen LogP contribution is -1.98. The predicted molar refractivity (Wildman–Crippen MR) is 53.1 cm³/mol. The third kappa shape index (κ3) is 7.52. The Morgan fingerprint density at radius 1 is 1.33 bits per heavy atom. The number of Topliss-reactive ketones (excluding diaryl/α,β-unsaturated/α-hetero) is 1. The van der Waals surface area contributed by atoms with Crippen LogP contribution in [0.15, 0.2) is 12.2 Å². The van der Waals surface area contributed by atoms with Crippen molar-refractivity contribution < 1.29 is 4.79 Å². The summed E-state index contributed by atoms with van der Waals surface area (Å²) in [6.45, 7) is 8.12. The van der Waals surface area contributed by atoms with E-state index in [9.17, 15) is 4.79 Å². The quantitative estimate of drug-likeness (QED) is 0.576. The first-order valence-corrected chi connectivity index (χ1v) is 4.68. The van der Waals surface area contributed by atoms with Crippen molar-refractivity contribution in [2.75, 3.05) is 0 Å². The summed E-state index contributed by atoms with van der Waals surface area (Å²) in [5.74, 6) is 1.39. The molecule has 1 unspecified atom stereocenters. The highest BCUT2D eigenvalue weighted by atomic mass is 16.1. The second kappa shape index (κ2) is 5.99. The lowest BCUT2D eigenvalue weighted by atomic mass is 10.0. The molecule has 0 bridgehead atoms. The largest absolute Gasteiger partial charge is 0.300 e. The van der Waals surface area contributed by atoms with Gasteiger partial charge in [0.05, 0.1) is 0 Å². The molecule has 1 atom stereocenters. The first-order valence-electron chi connectivity index (χ1n) is 4.68. The van der Waals surface area contributed by atoms with Gasteiger partial charge in [-0.1, -0.05) is 32.9 Å². The molecular weight excluding hydrogens is 148 g/mol. The molecule has 0 saturated carbocycles. The second-order valence-electron chi connectivity index (χ2n) is 3.94. The highest BCUT2D eigenvalue weighted by Gasteiger charge is 2.00. The zero-order valence-corrected chi connectivity index (χ0v) is 8.63. The van der Waals surface area contributed by atoms with Crippen LogP contribution in [0.4, 0.5) is 0 Å². The van der Waals surface area contributed by atoms with Gasteiger partial charge in [0, 0.05) is 6.42 Å². The Morgan fingerprint density at radius 3 is 2.33 bits per heavy atom. The summed E-state index contributed by atoms with van der Waals surface area (Å²) in [4.78, 5) is 10.7. The van der Waals surface area contributed by atoms with Gasteiger partial charge in [0.1, 0.15) is 5.78 Å². The normalized spacial score (nSPS) is 14.1. The van der Waals surface area contributed by atoms with E-state index in [1.54, 1.807) is 6.92 Å². The molecule has 0 fully saturated rings. The summed E-state index contributed by atoms with van der Waals surface area (Å²) in [5.41, 5.74) is 0. The van der Waals surface area contributed by atoms with Crippen molar-refractivity contribution in [3.05, 3.63) is 12.2 Å². The van der Waals surface area contributed by atoms with Crippen LogP contribution in [0.2, 0.25) is 0 Å². The molecule has 0 aliphatic rings. The molecule has 0 saturated heterocycles. The van der Waals surface area contributed by atoms with Gasteiger partial charge in [-0.15, -0.1) is 0 Å². The molecule has 70 valence electrons. The molecule has 0 rings (SSSR count). The Labute approximate surface area is 75.9 Å². The number of ketones is 1. The summed E-state index contributed by atoms with van der Waals surface area (Å²) in [6.07, 6.45) is 6.11. The van der Waals surface area contributed by atoms with Crippen LogP contribution in [0.5, 0.6) is 0 Å². The van der Waals surface area contributed by atoms with Crippen LogP contribution < -0.4 is 0 Å². The number of hydrogen-bond acceptors (Lipinski definition) is 1. The Hall–Kier alpha value is -0.590. The predicted octanol–water partition coefficient (Wildman–Crippen LogP) is 3.20. The summed E-state index contributed by atoms with van der Waals surface area (Å²) < 4.78 is 0. The molecule has 12 heavy (non-hydrogen) atoms. The van der Waals surface area contributed by atoms with Gasteiger partial charge in [-0.05, 0) is 25.2 Å². The highest BCUT2D eigenvalue weighted by molar-refractivity contribution is 5.75. The van der Waals surface area contributed by atoms with Gasteiger partial charge in [0.15, 0.2) is 0 Å². The molecule has 0 N–H and O–H groups in total. The van der Waals surface area contributed by atoms with E-state index in [-0.39, 0.29) is 5.78 Å². The molecule has 0 aliphatic heterocycles. The number of hydrogen-bond donors (Lipinski definition) is 0. The van der Waals surface area contributed by atoms with Crippen LogP contribution in [-0.2, 0) is 4.79 Å². The van der Waals surface area contributed by atoms with Gasteiger partial charge in [-0.25, -0.2) is 0 Å². The van der Waals surface area contributed by atoms with E-state index in [1.165, 1.54) is 0 Å². The Bertz CT molecular complexity index is 156. The zero-order valence-electron chi connectivity index (χ0n) is 8.63. The third-order valence-corrected chi connectivity index (χ3v) is 1.68. The fourth-order valence-corrected chi connectivity index (χ4v) is 1.10. The highest BCUT2D eigenvalue weighted by Crippen LogP contribution is 2.07. The molecule has 0 aromatic rings. The average Bonchev–Trinajstić information content (AvgIpc) is 1.84. The van der Waals surface area contributed by atoms with Gasteiger partial charge in [-0.3, -0.25) is 0 Å². The van der Waals surface area contributed by atoms with E-state index in [1.807, 2.05) is 0 Å². The molecule has 0 amide bonds. The maximum Gasteiger partial charge on any atom is 0.130 e. The van der Waals surface area contributed by atoms with Gasteiger partial charge in [-0.2, -0.15) is 0 Å². The number of carbonyl (C=O) groups excluding carboxylic acids is 1. The van der Waals surface area contributed by atoms with Crippen molar-refractivity contribution in [3.8, 4) is 0 Å². The minimum absolute atomic E-state index is 0.275. The molecule has 0 radical (unpaired) electrons. The number of carbonyl (C=O) groups is 1. The Kier molecular flexibility index (Phi) is 5.69. The summed E-state index contributed by atoms with van der Waals surface area (Å²) in [7, 11) is 0. The lowest BCUT2D eigenvalue weighted by molar-refractivity contribution is -0.117. The van der Waals surface area contributed by atoms with Gasteiger partial charge < -0.3 is 4.79 Å². The van der Waals surface area contributed by atoms with E-state index in [0.29, 0.717) is 18.3 Å². The average molecular weight is 168 g/mol. The molecular formula is C11H20O. The molecule has 1 heteroatoms. The summed E-state index contributed by atoms with van der Waals surface area (Å²) in [6, 6.07) is 0. The van der Waals surface area contributed by atoms with E-state index in [0.717, 1.165) is 6.42 Å². The van der Waals surface area contributed by atoms with Gasteiger partial charge >= 0.3 is 0 Å². The van der Waals surface area contributed by atoms with Crippen molar-refractivity contribution >= 4 is 5.78 Å². The maximum absolute atomic E-state index is 10.7. The minimum Gasteiger partial charge on any atom is -0.300 e. The molecule has 0 aromatic heterocycles. The van der Waals surface area contributed by atoms with E-state index in [2.05, 4.69) is 32.9 Å². The van der Waals surface area contributed by atoms with Crippen LogP contribution in [0.25, 0.3) is 0 Å². The third-order valence-electron chi connectivity index (χ3n) is 1.68. The number of allylic oxidation sites excluding steroid dienone is 2. The SMILES string of the molecule is CC(=O)CC(C)/C=C/CC(C)C. The van der Waals surface area contributed by atoms with Crippen molar-refractivity contribution in [1.82, 2.24) is 0 Å². The Balaban J connectivity index is 3.60. The molecule has 0 heterocycles. The van der Waals surface area contributed by atoms with E-state index in [4.69, 9.17) is 0 Å². The molecule has 0 aliphatic carbocycles. The fraction of sp³-hybridized carbons (Fsp3) is 0.727. The van der Waals surface area contributed by atoms with Crippen molar-refractivity contribution in [2.45, 2.75) is 40.5 Å². The van der Waals surface area contributed by atoms with Crippen LogP contribution in [0.3, 0.4) is 0 Å². The van der Waals surface area contributed by atoms with E-state index >= 15 is 0 Å². The summed E-state index contributed by atoms with van der Waals surface area (Å²) in [5, 5.41) is 0. The molecule has 1 nitrogen and oxygen atoms in total. The minimum atomic E-state index is 0.275.